The lowest BCUT2D eigenvalue weighted by Gasteiger charge is -2.46. The van der Waals surface area contributed by atoms with Crippen LogP contribution >= 0.6 is 0 Å². The maximum atomic E-state index is 13.4. The number of nitrogens with zero attached hydrogens (tertiary/aromatic N) is 2. The zero-order valence-corrected chi connectivity index (χ0v) is 18.2. The molecule has 1 unspecified atom stereocenters. The lowest BCUT2D eigenvalue weighted by atomic mass is 9.81. The van der Waals surface area contributed by atoms with E-state index in [0.717, 1.165) is 55.0 Å². The van der Waals surface area contributed by atoms with Gasteiger partial charge >= 0.3 is 0 Å². The van der Waals surface area contributed by atoms with Crippen molar-refractivity contribution in [1.82, 2.24) is 9.47 Å². The van der Waals surface area contributed by atoms with Crippen LogP contribution in [0.4, 0.5) is 5.69 Å². The van der Waals surface area contributed by atoms with Crippen LogP contribution in [0.1, 0.15) is 43.4 Å². The number of hydrogen-bond donors (Lipinski definition) is 1. The van der Waals surface area contributed by atoms with Crippen molar-refractivity contribution in [2.24, 2.45) is 0 Å². The van der Waals surface area contributed by atoms with E-state index in [1.807, 2.05) is 24.3 Å². The number of likely N-dealkylation sites (tertiary alicyclic amines) is 1. The van der Waals surface area contributed by atoms with Gasteiger partial charge in [0, 0.05) is 31.0 Å². The van der Waals surface area contributed by atoms with E-state index in [4.69, 9.17) is 4.74 Å². The second kappa shape index (κ2) is 7.80. The minimum atomic E-state index is -0.173. The van der Waals surface area contributed by atoms with Crippen LogP contribution in [-0.4, -0.2) is 35.6 Å². The molecule has 1 aromatic heterocycles. The fourth-order valence-corrected chi connectivity index (χ4v) is 5.20. The molecule has 0 radical (unpaired) electrons. The lowest BCUT2D eigenvalue weighted by Crippen LogP contribution is -2.51. The standard InChI is InChI=1S/C26H29N3O2/c1-3-21(19-8-5-4-6-9-19)25(30)28-16-13-26(14-17-28)24-10-7-15-29(24)23-12-11-20(31-2)18-22(23)27-26/h4-12,15,18,21,27H,3,13-14,16-17H2,1-2H3. The molecule has 5 nitrogen and oxygen atoms in total. The highest BCUT2D eigenvalue weighted by Gasteiger charge is 2.43. The summed E-state index contributed by atoms with van der Waals surface area (Å²) in [5, 5.41) is 3.82. The minimum Gasteiger partial charge on any atom is -0.497 e. The minimum absolute atomic E-state index is 0.0663. The highest BCUT2D eigenvalue weighted by molar-refractivity contribution is 5.84. The maximum absolute atomic E-state index is 13.4. The smallest absolute Gasteiger partial charge is 0.230 e. The average molecular weight is 416 g/mol. The molecule has 3 aromatic rings. The molecule has 2 aliphatic rings. The second-order valence-corrected chi connectivity index (χ2v) is 8.55. The number of aromatic nitrogens is 1. The van der Waals surface area contributed by atoms with E-state index in [9.17, 15) is 4.79 Å². The number of ether oxygens (including phenoxy) is 1. The van der Waals surface area contributed by atoms with Gasteiger partial charge in [0.25, 0.3) is 0 Å². The largest absolute Gasteiger partial charge is 0.497 e. The summed E-state index contributed by atoms with van der Waals surface area (Å²) in [6.45, 7) is 3.60. The summed E-state index contributed by atoms with van der Waals surface area (Å²) in [6.07, 6.45) is 4.71. The van der Waals surface area contributed by atoms with E-state index in [1.54, 1.807) is 7.11 Å². The Balaban J connectivity index is 1.39. The van der Waals surface area contributed by atoms with E-state index in [1.165, 1.54) is 5.69 Å². The molecule has 3 heterocycles. The number of fused-ring (bicyclic) bond motifs is 4. The number of rotatable bonds is 4. The maximum Gasteiger partial charge on any atom is 0.230 e. The van der Waals surface area contributed by atoms with Gasteiger partial charge in [-0.1, -0.05) is 37.3 Å². The van der Waals surface area contributed by atoms with Crippen molar-refractivity contribution in [3.63, 3.8) is 0 Å². The highest BCUT2D eigenvalue weighted by atomic mass is 16.5. The van der Waals surface area contributed by atoms with Gasteiger partial charge in [0.05, 0.1) is 29.9 Å². The van der Waals surface area contributed by atoms with Crippen LogP contribution in [0, 0.1) is 0 Å². The molecule has 1 saturated heterocycles. The van der Waals surface area contributed by atoms with Crippen molar-refractivity contribution in [3.8, 4) is 11.4 Å². The van der Waals surface area contributed by atoms with Crippen molar-refractivity contribution >= 4 is 11.6 Å². The molecule has 1 atom stereocenters. The lowest BCUT2D eigenvalue weighted by molar-refractivity contribution is -0.134. The number of amides is 1. The molecule has 0 aliphatic carbocycles. The molecule has 2 aliphatic heterocycles. The van der Waals surface area contributed by atoms with Crippen LogP contribution in [-0.2, 0) is 10.3 Å². The third-order valence-corrected chi connectivity index (χ3v) is 6.91. The summed E-state index contributed by atoms with van der Waals surface area (Å²) >= 11 is 0. The molecule has 1 amide bonds. The number of hydrogen-bond acceptors (Lipinski definition) is 3. The second-order valence-electron chi connectivity index (χ2n) is 8.55. The summed E-state index contributed by atoms with van der Waals surface area (Å²) in [7, 11) is 1.70. The molecule has 5 rings (SSSR count). The van der Waals surface area contributed by atoms with Crippen molar-refractivity contribution in [2.45, 2.75) is 37.6 Å². The Bertz CT molecular complexity index is 1080. The van der Waals surface area contributed by atoms with Crippen LogP contribution in [0.2, 0.25) is 0 Å². The van der Waals surface area contributed by atoms with Crippen molar-refractivity contribution in [1.29, 1.82) is 0 Å². The summed E-state index contributed by atoms with van der Waals surface area (Å²) in [6, 6.07) is 20.6. The fourth-order valence-electron chi connectivity index (χ4n) is 5.20. The fraction of sp³-hybridized carbons (Fsp3) is 0.346. The predicted molar refractivity (Wildman–Crippen MR) is 123 cm³/mol. The molecule has 1 N–H and O–H groups in total. The summed E-state index contributed by atoms with van der Waals surface area (Å²) in [5.41, 5.74) is 4.43. The number of benzene rings is 2. The molecular formula is C26H29N3O2. The summed E-state index contributed by atoms with van der Waals surface area (Å²) < 4.78 is 7.73. The normalized spacial score (nSPS) is 17.4. The van der Waals surface area contributed by atoms with Gasteiger partial charge in [0.15, 0.2) is 0 Å². The average Bonchev–Trinajstić information content (AvgIpc) is 3.32. The Labute approximate surface area is 183 Å². The zero-order valence-electron chi connectivity index (χ0n) is 18.2. The molecule has 1 spiro atoms. The quantitative estimate of drug-likeness (QED) is 0.658. The summed E-state index contributed by atoms with van der Waals surface area (Å²) in [5.74, 6) is 1.03. The van der Waals surface area contributed by atoms with Crippen LogP contribution in [0.5, 0.6) is 5.75 Å². The number of nitrogens with one attached hydrogen (secondary N) is 1. The first-order valence-corrected chi connectivity index (χ1v) is 11.1. The number of carbonyl (C=O) groups excluding carboxylic acids is 1. The number of anilines is 1. The molecule has 0 bridgehead atoms. The van der Waals surface area contributed by atoms with Gasteiger partial charge in [-0.2, -0.15) is 0 Å². The van der Waals surface area contributed by atoms with Crippen LogP contribution in [0.3, 0.4) is 0 Å². The molecule has 1 fully saturated rings. The molecule has 2 aromatic carbocycles. The van der Waals surface area contributed by atoms with Crippen LogP contribution in [0.15, 0.2) is 66.9 Å². The van der Waals surface area contributed by atoms with Gasteiger partial charge in [0.1, 0.15) is 5.75 Å². The number of piperidine rings is 1. The van der Waals surface area contributed by atoms with E-state index in [-0.39, 0.29) is 17.4 Å². The van der Waals surface area contributed by atoms with E-state index >= 15 is 0 Å². The predicted octanol–water partition coefficient (Wildman–Crippen LogP) is 4.92. The molecular weight excluding hydrogens is 386 g/mol. The first kappa shape index (κ1) is 19.7. The Morgan fingerprint density at radius 3 is 2.58 bits per heavy atom. The van der Waals surface area contributed by atoms with Crippen LogP contribution in [0.25, 0.3) is 5.69 Å². The molecule has 160 valence electrons. The number of methoxy groups -OCH3 is 1. The molecule has 31 heavy (non-hydrogen) atoms. The van der Waals surface area contributed by atoms with E-state index in [2.05, 4.69) is 64.3 Å². The molecule has 5 heteroatoms. The third-order valence-electron chi connectivity index (χ3n) is 6.91. The van der Waals surface area contributed by atoms with Gasteiger partial charge in [0.2, 0.25) is 5.91 Å². The van der Waals surface area contributed by atoms with E-state index < -0.39 is 0 Å². The topological polar surface area (TPSA) is 46.5 Å². The van der Waals surface area contributed by atoms with Gasteiger partial charge < -0.3 is 19.5 Å². The monoisotopic (exact) mass is 415 g/mol. The van der Waals surface area contributed by atoms with Crippen molar-refractivity contribution in [3.05, 3.63) is 78.1 Å². The Kier molecular flexibility index (Phi) is 4.97. The Morgan fingerprint density at radius 2 is 1.87 bits per heavy atom. The molecule has 0 saturated carbocycles. The van der Waals surface area contributed by atoms with E-state index in [0.29, 0.717) is 0 Å². The zero-order chi connectivity index (χ0) is 21.4. The van der Waals surface area contributed by atoms with Gasteiger partial charge in [-0.3, -0.25) is 4.79 Å². The third kappa shape index (κ3) is 3.29. The van der Waals surface area contributed by atoms with Gasteiger partial charge in [-0.15, -0.1) is 0 Å². The van der Waals surface area contributed by atoms with Gasteiger partial charge in [-0.25, -0.2) is 0 Å². The Morgan fingerprint density at radius 1 is 1.10 bits per heavy atom. The Hall–Kier alpha value is -3.21. The highest BCUT2D eigenvalue weighted by Crippen LogP contribution is 2.44. The van der Waals surface area contributed by atoms with Gasteiger partial charge in [-0.05, 0) is 49.1 Å². The SMILES string of the molecule is CCC(C(=O)N1CCC2(CC1)Nc1cc(OC)ccc1-n1cccc12)c1ccccc1. The van der Waals surface area contributed by atoms with Crippen molar-refractivity contribution < 1.29 is 9.53 Å². The first-order chi connectivity index (χ1) is 15.1. The first-order valence-electron chi connectivity index (χ1n) is 11.1. The van der Waals surface area contributed by atoms with Crippen molar-refractivity contribution in [2.75, 3.05) is 25.5 Å². The van der Waals surface area contributed by atoms with Crippen LogP contribution < -0.4 is 10.1 Å². The summed E-state index contributed by atoms with van der Waals surface area (Å²) in [4.78, 5) is 15.4. The number of carbonyl (C=O) groups is 1.